The van der Waals surface area contributed by atoms with Gasteiger partial charge in [0.1, 0.15) is 6.10 Å². The van der Waals surface area contributed by atoms with Crippen LogP contribution in [0.3, 0.4) is 0 Å². The second-order valence-corrected chi connectivity index (χ2v) is 10.0. The van der Waals surface area contributed by atoms with Gasteiger partial charge in [-0.25, -0.2) is 8.42 Å². The van der Waals surface area contributed by atoms with Gasteiger partial charge in [0.25, 0.3) is 5.91 Å². The quantitative estimate of drug-likeness (QED) is 0.790. The minimum absolute atomic E-state index is 0.0511. The highest BCUT2D eigenvalue weighted by atomic mass is 32.2. The smallest absolute Gasteiger partial charge is 0.277 e. The lowest BCUT2D eigenvalue weighted by atomic mass is 10.1. The summed E-state index contributed by atoms with van der Waals surface area (Å²) in [6.45, 7) is 1.16. The Bertz CT molecular complexity index is 788. The zero-order valence-corrected chi connectivity index (χ0v) is 15.3. The summed E-state index contributed by atoms with van der Waals surface area (Å²) in [5, 5.41) is 0.582. The fraction of sp³-hybridized carbons (Fsp3) is 0.529. The lowest BCUT2D eigenvalue weighted by Gasteiger charge is -2.24. The molecule has 25 heavy (non-hydrogen) atoms. The summed E-state index contributed by atoms with van der Waals surface area (Å²) >= 11 is 1.42. The number of nitrogens with zero attached hydrogens (tertiary/aromatic N) is 2. The summed E-state index contributed by atoms with van der Waals surface area (Å²) < 4.78 is 29.5. The molecule has 4 rings (SSSR count). The first-order valence-electron chi connectivity index (χ1n) is 8.44. The maximum Gasteiger partial charge on any atom is 0.277 e. The third-order valence-corrected chi connectivity index (χ3v) is 8.03. The highest BCUT2D eigenvalue weighted by Gasteiger charge is 2.48. The normalized spacial score (nSPS) is 32.2. The van der Waals surface area contributed by atoms with Crippen molar-refractivity contribution < 1.29 is 17.9 Å². The predicted molar refractivity (Wildman–Crippen MR) is 97.2 cm³/mol. The summed E-state index contributed by atoms with van der Waals surface area (Å²) in [6, 6.07) is 9.74. The molecule has 3 fully saturated rings. The Balaban J connectivity index is 1.60. The number of hydrogen-bond donors (Lipinski definition) is 0. The number of benzene rings is 1. The topological polar surface area (TPSA) is 76.0 Å². The number of carbonyl (C=O) groups is 1. The van der Waals surface area contributed by atoms with Crippen LogP contribution in [0.2, 0.25) is 0 Å². The third kappa shape index (κ3) is 3.61. The lowest BCUT2D eigenvalue weighted by molar-refractivity contribution is -0.126. The van der Waals surface area contributed by atoms with E-state index in [9.17, 15) is 13.2 Å². The highest BCUT2D eigenvalue weighted by Crippen LogP contribution is 2.39. The fourth-order valence-corrected chi connectivity index (χ4v) is 7.50. The van der Waals surface area contributed by atoms with E-state index in [4.69, 9.17) is 4.74 Å². The number of aliphatic imine (C=N–C) groups is 1. The van der Waals surface area contributed by atoms with E-state index >= 15 is 0 Å². The van der Waals surface area contributed by atoms with Crippen LogP contribution in [0.5, 0.6) is 0 Å². The molecule has 0 bridgehead atoms. The third-order valence-electron chi connectivity index (χ3n) is 4.78. The van der Waals surface area contributed by atoms with Crippen molar-refractivity contribution in [1.82, 2.24) is 4.90 Å². The molecule has 1 aromatic rings. The maximum atomic E-state index is 12.4. The molecule has 3 aliphatic rings. The van der Waals surface area contributed by atoms with Crippen LogP contribution in [0.15, 0.2) is 35.3 Å². The van der Waals surface area contributed by atoms with E-state index in [-0.39, 0.29) is 28.7 Å². The number of thioether (sulfide) groups is 1. The highest BCUT2D eigenvalue weighted by molar-refractivity contribution is 8.15. The monoisotopic (exact) mass is 380 g/mol. The van der Waals surface area contributed by atoms with Crippen LogP contribution in [-0.4, -0.2) is 59.9 Å². The van der Waals surface area contributed by atoms with Crippen LogP contribution in [0.4, 0.5) is 0 Å². The molecule has 3 aliphatic heterocycles. The van der Waals surface area contributed by atoms with Gasteiger partial charge in [0.15, 0.2) is 15.0 Å². The minimum atomic E-state index is -3.03. The van der Waals surface area contributed by atoms with Crippen molar-refractivity contribution in [2.45, 2.75) is 36.8 Å². The Morgan fingerprint density at radius 1 is 1.28 bits per heavy atom. The second kappa shape index (κ2) is 6.74. The predicted octanol–water partition coefficient (Wildman–Crippen LogP) is 1.46. The molecule has 134 valence electrons. The zero-order valence-electron chi connectivity index (χ0n) is 13.7. The van der Waals surface area contributed by atoms with Gasteiger partial charge in [0.05, 0.1) is 17.5 Å². The fourth-order valence-electron chi connectivity index (χ4n) is 3.54. The first-order chi connectivity index (χ1) is 12.0. The van der Waals surface area contributed by atoms with E-state index in [1.165, 1.54) is 11.8 Å². The average Bonchev–Trinajstić information content (AvgIpc) is 3.26. The van der Waals surface area contributed by atoms with Crippen molar-refractivity contribution in [3.63, 3.8) is 0 Å². The number of ether oxygens (including phenoxy) is 1. The van der Waals surface area contributed by atoms with Crippen LogP contribution >= 0.6 is 11.8 Å². The van der Waals surface area contributed by atoms with Gasteiger partial charge in [-0.15, -0.1) is 0 Å². The lowest BCUT2D eigenvalue weighted by Crippen LogP contribution is -2.37. The molecule has 6 nitrogen and oxygen atoms in total. The molecular weight excluding hydrogens is 360 g/mol. The molecule has 0 unspecified atom stereocenters. The van der Waals surface area contributed by atoms with Crippen molar-refractivity contribution in [2.75, 3.05) is 18.1 Å². The minimum Gasteiger partial charge on any atom is -0.368 e. The molecule has 0 aliphatic carbocycles. The largest absolute Gasteiger partial charge is 0.368 e. The number of amides is 1. The van der Waals surface area contributed by atoms with E-state index in [2.05, 4.69) is 4.99 Å². The molecule has 0 spiro atoms. The van der Waals surface area contributed by atoms with E-state index in [0.29, 0.717) is 24.7 Å². The Kier molecular flexibility index (Phi) is 4.59. The maximum absolute atomic E-state index is 12.4. The molecule has 3 saturated heterocycles. The van der Waals surface area contributed by atoms with E-state index in [1.807, 2.05) is 35.2 Å². The van der Waals surface area contributed by atoms with E-state index in [0.717, 1.165) is 12.0 Å². The first-order valence-corrected chi connectivity index (χ1v) is 11.1. The number of sulfone groups is 1. The van der Waals surface area contributed by atoms with Gasteiger partial charge in [0, 0.05) is 18.4 Å². The SMILES string of the molecule is O=C(N=C1S[C@H]2CS(=O)(=O)C[C@H]2N1Cc1ccccc1)[C@@H]1CCCO1. The number of carbonyl (C=O) groups excluding carboxylic acids is 1. The summed E-state index contributed by atoms with van der Waals surface area (Å²) in [6.07, 6.45) is 1.14. The number of fused-ring (bicyclic) bond motifs is 1. The van der Waals surface area contributed by atoms with Crippen LogP contribution in [0.25, 0.3) is 0 Å². The van der Waals surface area contributed by atoms with Crippen LogP contribution < -0.4 is 0 Å². The van der Waals surface area contributed by atoms with Gasteiger partial charge in [-0.05, 0) is 18.4 Å². The molecule has 0 aromatic heterocycles. The summed E-state index contributed by atoms with van der Waals surface area (Å²) in [5.41, 5.74) is 1.07. The number of amidine groups is 1. The molecule has 3 heterocycles. The summed E-state index contributed by atoms with van der Waals surface area (Å²) in [7, 11) is -3.03. The van der Waals surface area contributed by atoms with Crippen molar-refractivity contribution in [3.8, 4) is 0 Å². The van der Waals surface area contributed by atoms with E-state index < -0.39 is 15.9 Å². The molecule has 3 atom stereocenters. The van der Waals surface area contributed by atoms with Gasteiger partial charge in [0.2, 0.25) is 0 Å². The van der Waals surface area contributed by atoms with Crippen molar-refractivity contribution >= 4 is 32.7 Å². The Morgan fingerprint density at radius 3 is 2.80 bits per heavy atom. The van der Waals surface area contributed by atoms with Crippen LogP contribution in [0, 0.1) is 0 Å². The van der Waals surface area contributed by atoms with Gasteiger partial charge in [-0.3, -0.25) is 4.79 Å². The zero-order chi connectivity index (χ0) is 17.4. The molecule has 0 N–H and O–H groups in total. The first kappa shape index (κ1) is 17.1. The van der Waals surface area contributed by atoms with Crippen LogP contribution in [-0.2, 0) is 25.9 Å². The van der Waals surface area contributed by atoms with Crippen molar-refractivity contribution in [3.05, 3.63) is 35.9 Å². The Hall–Kier alpha value is -1.38. The van der Waals surface area contributed by atoms with Crippen molar-refractivity contribution in [1.29, 1.82) is 0 Å². The van der Waals surface area contributed by atoms with Gasteiger partial charge < -0.3 is 9.64 Å². The van der Waals surface area contributed by atoms with Gasteiger partial charge in [-0.1, -0.05) is 42.1 Å². The molecule has 1 amide bonds. The molecule has 8 heteroatoms. The van der Waals surface area contributed by atoms with Crippen LogP contribution in [0.1, 0.15) is 18.4 Å². The van der Waals surface area contributed by atoms with Crippen molar-refractivity contribution in [2.24, 2.45) is 4.99 Å². The Labute approximate surface area is 151 Å². The van der Waals surface area contributed by atoms with Gasteiger partial charge >= 0.3 is 0 Å². The number of hydrogen-bond acceptors (Lipinski definition) is 5. The average molecular weight is 380 g/mol. The molecule has 1 aromatic carbocycles. The number of rotatable bonds is 3. The second-order valence-electron chi connectivity index (χ2n) is 6.65. The van der Waals surface area contributed by atoms with E-state index in [1.54, 1.807) is 0 Å². The standard InChI is InChI=1S/C17H20N2O4S2/c20-16(14-7-4-8-23-14)18-17-19(9-12-5-2-1-3-6-12)13-10-25(21,22)11-15(13)24-17/h1-3,5-6,13-15H,4,7-11H2/t13-,14+,15+/m1/s1. The summed E-state index contributed by atoms with van der Waals surface area (Å²) in [4.78, 5) is 18.7. The molecular formula is C17H20N2O4S2. The molecule has 0 radical (unpaired) electrons. The van der Waals surface area contributed by atoms with Gasteiger partial charge in [-0.2, -0.15) is 4.99 Å². The molecule has 0 saturated carbocycles. The summed E-state index contributed by atoms with van der Waals surface area (Å²) in [5.74, 6) is 0.0340. The Morgan fingerprint density at radius 2 is 2.08 bits per heavy atom.